The zero-order valence-corrected chi connectivity index (χ0v) is 11.8. The van der Waals surface area contributed by atoms with E-state index < -0.39 is 5.60 Å². The van der Waals surface area contributed by atoms with Gasteiger partial charge in [0, 0.05) is 5.92 Å². The molecule has 1 rings (SSSR count). The number of hydrogen-bond acceptors (Lipinski definition) is 3. The molecule has 0 radical (unpaired) electrons. The second-order valence-electron chi connectivity index (χ2n) is 4.75. The van der Waals surface area contributed by atoms with E-state index in [1.807, 2.05) is 13.8 Å². The highest BCUT2D eigenvalue weighted by molar-refractivity contribution is 7.12. The fourth-order valence-electron chi connectivity index (χ4n) is 1.90. The molecule has 2 nitrogen and oxygen atoms in total. The summed E-state index contributed by atoms with van der Waals surface area (Å²) >= 11 is 1.69. The third-order valence-electron chi connectivity index (χ3n) is 2.94. The average molecular weight is 241 g/mol. The van der Waals surface area contributed by atoms with Crippen LogP contribution in [0.2, 0.25) is 0 Å². The highest BCUT2D eigenvalue weighted by Gasteiger charge is 2.25. The molecule has 0 saturated carbocycles. The molecule has 1 aromatic rings. The van der Waals surface area contributed by atoms with E-state index in [-0.39, 0.29) is 0 Å². The lowest BCUT2D eigenvalue weighted by molar-refractivity contribution is 0.0814. The second kappa shape index (κ2) is 5.28. The molecule has 0 spiro atoms. The minimum atomic E-state index is -0.757. The van der Waals surface area contributed by atoms with Gasteiger partial charge in [-0.3, -0.25) is 0 Å². The van der Waals surface area contributed by atoms with Crippen LogP contribution in [0.3, 0.4) is 0 Å². The molecule has 92 valence electrons. The molecule has 0 aliphatic heterocycles. The Bertz CT molecular complexity index is 334. The van der Waals surface area contributed by atoms with E-state index in [1.54, 1.807) is 11.3 Å². The molecule has 0 unspecified atom stereocenters. The van der Waals surface area contributed by atoms with E-state index in [0.29, 0.717) is 5.92 Å². The lowest BCUT2D eigenvalue weighted by Gasteiger charge is -2.16. The van der Waals surface area contributed by atoms with Crippen molar-refractivity contribution in [3.63, 3.8) is 0 Å². The van der Waals surface area contributed by atoms with Gasteiger partial charge in [0.2, 0.25) is 0 Å². The van der Waals surface area contributed by atoms with Crippen molar-refractivity contribution in [2.75, 3.05) is 0 Å². The minimum Gasteiger partial charge on any atom is -0.385 e. The van der Waals surface area contributed by atoms with Gasteiger partial charge in [-0.05, 0) is 33.1 Å². The number of aliphatic hydroxyl groups is 1. The van der Waals surface area contributed by atoms with Crippen LogP contribution in [0.25, 0.3) is 0 Å². The predicted octanol–water partition coefficient (Wildman–Crippen LogP) is 3.84. The van der Waals surface area contributed by atoms with Gasteiger partial charge in [0.25, 0.3) is 0 Å². The molecule has 16 heavy (non-hydrogen) atoms. The van der Waals surface area contributed by atoms with Crippen LogP contribution in [0, 0.1) is 0 Å². The quantitative estimate of drug-likeness (QED) is 0.849. The third-order valence-corrected chi connectivity index (χ3v) is 4.51. The highest BCUT2D eigenvalue weighted by Crippen LogP contribution is 2.35. The number of nitrogens with zero attached hydrogens (tertiary/aromatic N) is 1. The van der Waals surface area contributed by atoms with Crippen LogP contribution in [-0.4, -0.2) is 10.1 Å². The van der Waals surface area contributed by atoms with E-state index in [2.05, 4.69) is 20.8 Å². The van der Waals surface area contributed by atoms with Gasteiger partial charge < -0.3 is 5.11 Å². The van der Waals surface area contributed by atoms with E-state index in [4.69, 9.17) is 4.98 Å². The summed E-state index contributed by atoms with van der Waals surface area (Å²) < 4.78 is 0. The smallest absolute Gasteiger partial charge is 0.0962 e. The van der Waals surface area contributed by atoms with Gasteiger partial charge >= 0.3 is 0 Å². The molecule has 1 heterocycles. The Kier molecular flexibility index (Phi) is 4.51. The molecule has 0 fully saturated rings. The average Bonchev–Trinajstić information content (AvgIpc) is 2.63. The van der Waals surface area contributed by atoms with E-state index in [9.17, 15) is 5.11 Å². The van der Waals surface area contributed by atoms with Crippen molar-refractivity contribution in [1.82, 2.24) is 4.98 Å². The maximum absolute atomic E-state index is 10.1. The Labute approximate surface area is 103 Å². The fraction of sp³-hybridized carbons (Fsp3) is 0.769. The zero-order chi connectivity index (χ0) is 12.3. The molecular formula is C13H23NOS. The topological polar surface area (TPSA) is 33.1 Å². The Hall–Kier alpha value is -0.410. The molecule has 0 saturated heterocycles. The van der Waals surface area contributed by atoms with Crippen molar-refractivity contribution in [1.29, 1.82) is 0 Å². The van der Waals surface area contributed by atoms with Crippen LogP contribution in [0.1, 0.15) is 69.0 Å². The van der Waals surface area contributed by atoms with Crippen molar-refractivity contribution in [3.05, 3.63) is 15.6 Å². The van der Waals surface area contributed by atoms with Gasteiger partial charge in [-0.1, -0.05) is 20.8 Å². The van der Waals surface area contributed by atoms with Gasteiger partial charge in [0.1, 0.15) is 0 Å². The standard InChI is InChI=1S/C13H23NOS/c1-6-9(7-2)12-14-10(8-3)11(16-12)13(4,5)15/h9,15H,6-8H2,1-5H3. The summed E-state index contributed by atoms with van der Waals surface area (Å²) in [5, 5.41) is 11.3. The Morgan fingerprint density at radius 1 is 1.25 bits per heavy atom. The van der Waals surface area contributed by atoms with Gasteiger partial charge in [0.05, 0.1) is 21.2 Å². The SMILES string of the molecule is CCc1nc(C(CC)CC)sc1C(C)(C)O. The number of rotatable bonds is 5. The second-order valence-corrected chi connectivity index (χ2v) is 5.78. The molecule has 1 N–H and O–H groups in total. The lowest BCUT2D eigenvalue weighted by Crippen LogP contribution is -2.15. The number of hydrogen-bond donors (Lipinski definition) is 1. The maximum Gasteiger partial charge on any atom is 0.0962 e. The monoisotopic (exact) mass is 241 g/mol. The Morgan fingerprint density at radius 3 is 2.12 bits per heavy atom. The van der Waals surface area contributed by atoms with Crippen molar-refractivity contribution in [3.8, 4) is 0 Å². The molecule has 0 aliphatic rings. The first-order chi connectivity index (χ1) is 7.43. The van der Waals surface area contributed by atoms with Gasteiger partial charge in [-0.2, -0.15) is 0 Å². The molecule has 0 amide bonds. The first-order valence-electron chi connectivity index (χ1n) is 6.16. The molecule has 0 bridgehead atoms. The van der Waals surface area contributed by atoms with E-state index in [0.717, 1.165) is 29.8 Å². The van der Waals surface area contributed by atoms with Crippen LogP contribution in [0.4, 0.5) is 0 Å². The van der Waals surface area contributed by atoms with Crippen LogP contribution >= 0.6 is 11.3 Å². The first-order valence-corrected chi connectivity index (χ1v) is 6.98. The maximum atomic E-state index is 10.1. The Balaban J connectivity index is 3.12. The summed E-state index contributed by atoms with van der Waals surface area (Å²) in [7, 11) is 0. The van der Waals surface area contributed by atoms with Crippen molar-refractivity contribution in [2.45, 2.75) is 65.4 Å². The van der Waals surface area contributed by atoms with Crippen LogP contribution in [-0.2, 0) is 12.0 Å². The molecular weight excluding hydrogens is 218 g/mol. The number of thiazole rings is 1. The minimum absolute atomic E-state index is 0.548. The van der Waals surface area contributed by atoms with Crippen LogP contribution < -0.4 is 0 Å². The molecule has 0 atom stereocenters. The summed E-state index contributed by atoms with van der Waals surface area (Å²) in [6.07, 6.45) is 3.15. The molecule has 0 aliphatic carbocycles. The third kappa shape index (κ3) is 2.83. The summed E-state index contributed by atoms with van der Waals surface area (Å²) in [4.78, 5) is 5.73. The van der Waals surface area contributed by atoms with Crippen molar-refractivity contribution >= 4 is 11.3 Å². The van der Waals surface area contributed by atoms with Gasteiger partial charge in [-0.25, -0.2) is 4.98 Å². The van der Waals surface area contributed by atoms with E-state index in [1.165, 1.54) is 5.01 Å². The van der Waals surface area contributed by atoms with Crippen molar-refractivity contribution in [2.24, 2.45) is 0 Å². The normalized spacial score (nSPS) is 12.4. The lowest BCUT2D eigenvalue weighted by atomic mass is 10.0. The summed E-state index contributed by atoms with van der Waals surface area (Å²) in [6, 6.07) is 0. The predicted molar refractivity (Wildman–Crippen MR) is 70.1 cm³/mol. The zero-order valence-electron chi connectivity index (χ0n) is 11.0. The molecule has 1 aromatic heterocycles. The van der Waals surface area contributed by atoms with Crippen LogP contribution in [0.5, 0.6) is 0 Å². The largest absolute Gasteiger partial charge is 0.385 e. The number of aromatic nitrogens is 1. The highest BCUT2D eigenvalue weighted by atomic mass is 32.1. The van der Waals surface area contributed by atoms with E-state index >= 15 is 0 Å². The number of aryl methyl sites for hydroxylation is 1. The Morgan fingerprint density at radius 2 is 1.81 bits per heavy atom. The van der Waals surface area contributed by atoms with Gasteiger partial charge in [0.15, 0.2) is 0 Å². The fourth-order valence-corrected chi connectivity index (χ4v) is 3.32. The summed E-state index contributed by atoms with van der Waals surface area (Å²) in [6.45, 7) is 10.2. The van der Waals surface area contributed by atoms with Crippen molar-refractivity contribution < 1.29 is 5.11 Å². The summed E-state index contributed by atoms with van der Waals surface area (Å²) in [5.74, 6) is 0.548. The molecule has 0 aromatic carbocycles. The van der Waals surface area contributed by atoms with Gasteiger partial charge in [-0.15, -0.1) is 11.3 Å². The summed E-state index contributed by atoms with van der Waals surface area (Å²) in [5.41, 5.74) is 0.312. The molecule has 3 heteroatoms. The van der Waals surface area contributed by atoms with Crippen LogP contribution in [0.15, 0.2) is 0 Å². The first kappa shape index (κ1) is 13.7.